The summed E-state index contributed by atoms with van der Waals surface area (Å²) in [5, 5.41) is 6.97. The predicted molar refractivity (Wildman–Crippen MR) is 85.6 cm³/mol. The zero-order chi connectivity index (χ0) is 14.5. The molecule has 5 nitrogen and oxygen atoms in total. The summed E-state index contributed by atoms with van der Waals surface area (Å²) in [4.78, 5) is 6.79. The van der Waals surface area contributed by atoms with Crippen LogP contribution in [0, 0.1) is 17.8 Å². The first-order chi connectivity index (χ1) is 10.3. The highest BCUT2D eigenvalue weighted by Gasteiger charge is 2.39. The van der Waals surface area contributed by atoms with Crippen LogP contribution in [0.4, 0.5) is 0 Å². The Labute approximate surface area is 128 Å². The van der Waals surface area contributed by atoms with Gasteiger partial charge in [-0.25, -0.2) is 0 Å². The summed E-state index contributed by atoms with van der Waals surface area (Å²) in [6.45, 7) is 6.97. The van der Waals surface area contributed by atoms with Gasteiger partial charge in [-0.05, 0) is 37.0 Å². The van der Waals surface area contributed by atoms with Crippen LogP contribution in [-0.2, 0) is 4.74 Å². The van der Waals surface area contributed by atoms with Gasteiger partial charge >= 0.3 is 0 Å². The number of hydrogen-bond acceptors (Lipinski definition) is 3. The third-order valence-electron chi connectivity index (χ3n) is 5.46. The molecule has 2 aliphatic carbocycles. The minimum Gasteiger partial charge on any atom is -0.379 e. The van der Waals surface area contributed by atoms with E-state index in [1.807, 2.05) is 7.05 Å². The molecular weight excluding hydrogens is 264 g/mol. The van der Waals surface area contributed by atoms with E-state index in [1.165, 1.54) is 25.7 Å². The molecule has 120 valence electrons. The molecule has 0 aromatic carbocycles. The second-order valence-electron chi connectivity index (χ2n) is 6.77. The van der Waals surface area contributed by atoms with Gasteiger partial charge in [0.2, 0.25) is 0 Å². The maximum Gasteiger partial charge on any atom is 0.191 e. The van der Waals surface area contributed by atoms with Gasteiger partial charge in [-0.3, -0.25) is 9.89 Å². The molecule has 2 saturated carbocycles. The zero-order valence-electron chi connectivity index (χ0n) is 13.3. The lowest BCUT2D eigenvalue weighted by Crippen LogP contribution is -2.45. The van der Waals surface area contributed by atoms with E-state index < -0.39 is 0 Å². The molecule has 1 heterocycles. The summed E-state index contributed by atoms with van der Waals surface area (Å²) in [5.74, 6) is 3.85. The number of morpholine rings is 1. The van der Waals surface area contributed by atoms with Crippen LogP contribution in [-0.4, -0.2) is 63.8 Å². The highest BCUT2D eigenvalue weighted by Crippen LogP contribution is 2.47. The van der Waals surface area contributed by atoms with Gasteiger partial charge in [0.1, 0.15) is 0 Å². The van der Waals surface area contributed by atoms with E-state index in [0.717, 1.165) is 69.7 Å². The molecule has 5 heteroatoms. The van der Waals surface area contributed by atoms with Gasteiger partial charge in [-0.2, -0.15) is 0 Å². The molecule has 0 amide bonds. The Balaban J connectivity index is 1.31. The summed E-state index contributed by atoms with van der Waals surface area (Å²) in [7, 11) is 1.87. The molecule has 0 aromatic heterocycles. The average molecular weight is 294 g/mol. The Kier molecular flexibility index (Phi) is 5.36. The number of ether oxygens (including phenoxy) is 1. The molecule has 1 saturated heterocycles. The molecule has 3 unspecified atom stereocenters. The van der Waals surface area contributed by atoms with Crippen molar-refractivity contribution < 1.29 is 4.74 Å². The van der Waals surface area contributed by atoms with Gasteiger partial charge in [-0.15, -0.1) is 0 Å². The molecule has 0 spiro atoms. The number of rotatable bonds is 5. The zero-order valence-corrected chi connectivity index (χ0v) is 13.3. The lowest BCUT2D eigenvalue weighted by Gasteiger charge is -2.27. The smallest absolute Gasteiger partial charge is 0.191 e. The third kappa shape index (κ3) is 4.10. The Hall–Kier alpha value is -0.810. The van der Waals surface area contributed by atoms with Crippen molar-refractivity contribution in [1.82, 2.24) is 15.5 Å². The van der Waals surface area contributed by atoms with E-state index in [9.17, 15) is 0 Å². The second-order valence-corrected chi connectivity index (χ2v) is 6.77. The normalized spacial score (nSPS) is 33.4. The standard InChI is InChI=1S/C16H30N4O/c1-17-16(18-4-5-20-6-8-21-9-7-20)19-12-15-11-13-2-3-14(15)10-13/h13-15H,2-12H2,1H3,(H2,17,18,19). The summed E-state index contributed by atoms with van der Waals surface area (Å²) < 4.78 is 5.37. The van der Waals surface area contributed by atoms with Crippen molar-refractivity contribution in [3.05, 3.63) is 0 Å². The molecule has 3 atom stereocenters. The molecule has 3 fully saturated rings. The van der Waals surface area contributed by atoms with Crippen LogP contribution in [0.3, 0.4) is 0 Å². The molecule has 2 bridgehead atoms. The fourth-order valence-corrected chi connectivity index (χ4v) is 4.23. The number of nitrogens with one attached hydrogen (secondary N) is 2. The minimum atomic E-state index is 0.872. The van der Waals surface area contributed by atoms with E-state index in [1.54, 1.807) is 0 Å². The first-order valence-corrected chi connectivity index (χ1v) is 8.60. The second kappa shape index (κ2) is 7.45. The highest BCUT2D eigenvalue weighted by molar-refractivity contribution is 5.79. The first kappa shape index (κ1) is 15.1. The van der Waals surface area contributed by atoms with Gasteiger partial charge in [0, 0.05) is 39.8 Å². The maximum atomic E-state index is 5.37. The number of aliphatic imine (C=N–C) groups is 1. The van der Waals surface area contributed by atoms with Crippen LogP contribution in [0.15, 0.2) is 4.99 Å². The minimum absolute atomic E-state index is 0.872. The van der Waals surface area contributed by atoms with Gasteiger partial charge in [0.15, 0.2) is 5.96 Å². The summed E-state index contributed by atoms with van der Waals surface area (Å²) in [6.07, 6.45) is 5.85. The Bertz CT molecular complexity index is 354. The molecule has 0 aromatic rings. The quantitative estimate of drug-likeness (QED) is 0.585. The Morgan fingerprint density at radius 2 is 2.05 bits per heavy atom. The molecule has 21 heavy (non-hydrogen) atoms. The summed E-state index contributed by atoms with van der Waals surface area (Å²) in [5.41, 5.74) is 0. The van der Waals surface area contributed by atoms with Crippen molar-refractivity contribution in [2.75, 3.05) is 53.0 Å². The molecule has 1 aliphatic heterocycles. The van der Waals surface area contributed by atoms with Crippen LogP contribution in [0.1, 0.15) is 25.7 Å². The van der Waals surface area contributed by atoms with Gasteiger partial charge in [-0.1, -0.05) is 6.42 Å². The lowest BCUT2D eigenvalue weighted by atomic mass is 9.89. The van der Waals surface area contributed by atoms with E-state index in [2.05, 4.69) is 20.5 Å². The highest BCUT2D eigenvalue weighted by atomic mass is 16.5. The van der Waals surface area contributed by atoms with E-state index in [4.69, 9.17) is 4.74 Å². The van der Waals surface area contributed by atoms with Crippen LogP contribution in [0.25, 0.3) is 0 Å². The van der Waals surface area contributed by atoms with Crippen LogP contribution in [0.5, 0.6) is 0 Å². The largest absolute Gasteiger partial charge is 0.379 e. The van der Waals surface area contributed by atoms with Crippen molar-refractivity contribution in [3.8, 4) is 0 Å². The van der Waals surface area contributed by atoms with Crippen molar-refractivity contribution in [2.45, 2.75) is 25.7 Å². The SMILES string of the molecule is CN=C(NCCN1CCOCC1)NCC1CC2CCC1C2. The van der Waals surface area contributed by atoms with Gasteiger partial charge in [0.05, 0.1) is 13.2 Å². The van der Waals surface area contributed by atoms with Gasteiger partial charge in [0.25, 0.3) is 0 Å². The number of nitrogens with zero attached hydrogens (tertiary/aromatic N) is 2. The number of hydrogen-bond donors (Lipinski definition) is 2. The average Bonchev–Trinajstić information content (AvgIpc) is 3.14. The Morgan fingerprint density at radius 3 is 2.71 bits per heavy atom. The fraction of sp³-hybridized carbons (Fsp3) is 0.938. The molecular formula is C16H30N4O. The van der Waals surface area contributed by atoms with Crippen molar-refractivity contribution in [1.29, 1.82) is 0 Å². The number of guanidine groups is 1. The maximum absolute atomic E-state index is 5.37. The van der Waals surface area contributed by atoms with Gasteiger partial charge < -0.3 is 15.4 Å². The molecule has 3 aliphatic rings. The molecule has 0 radical (unpaired) electrons. The summed E-state index contributed by atoms with van der Waals surface area (Å²) >= 11 is 0. The third-order valence-corrected chi connectivity index (χ3v) is 5.46. The molecule has 3 rings (SSSR count). The van der Waals surface area contributed by atoms with E-state index in [-0.39, 0.29) is 0 Å². The first-order valence-electron chi connectivity index (χ1n) is 8.60. The van der Waals surface area contributed by atoms with E-state index in [0.29, 0.717) is 0 Å². The van der Waals surface area contributed by atoms with Crippen LogP contribution >= 0.6 is 0 Å². The fourth-order valence-electron chi connectivity index (χ4n) is 4.23. The van der Waals surface area contributed by atoms with Crippen LogP contribution in [0.2, 0.25) is 0 Å². The van der Waals surface area contributed by atoms with Crippen LogP contribution < -0.4 is 10.6 Å². The number of fused-ring (bicyclic) bond motifs is 2. The monoisotopic (exact) mass is 294 g/mol. The van der Waals surface area contributed by atoms with Crippen molar-refractivity contribution in [3.63, 3.8) is 0 Å². The van der Waals surface area contributed by atoms with E-state index >= 15 is 0 Å². The Morgan fingerprint density at radius 1 is 1.19 bits per heavy atom. The van der Waals surface area contributed by atoms with Crippen molar-refractivity contribution >= 4 is 5.96 Å². The molecule has 2 N–H and O–H groups in total. The van der Waals surface area contributed by atoms with Crippen molar-refractivity contribution in [2.24, 2.45) is 22.7 Å². The summed E-state index contributed by atoms with van der Waals surface area (Å²) in [6, 6.07) is 0. The topological polar surface area (TPSA) is 48.9 Å². The lowest BCUT2D eigenvalue weighted by molar-refractivity contribution is 0.0389. The predicted octanol–water partition coefficient (Wildman–Crippen LogP) is 0.920.